The zero-order valence-electron chi connectivity index (χ0n) is 16.3. The van der Waals surface area contributed by atoms with Crippen LogP contribution in [-0.2, 0) is 0 Å². The molecule has 1 atom stereocenters. The predicted molar refractivity (Wildman–Crippen MR) is 109 cm³/mol. The molecular formula is C21H25N7O. The zero-order valence-corrected chi connectivity index (χ0v) is 16.3. The van der Waals surface area contributed by atoms with Gasteiger partial charge in [0.2, 0.25) is 0 Å². The van der Waals surface area contributed by atoms with Crippen LogP contribution in [-0.4, -0.2) is 49.8 Å². The summed E-state index contributed by atoms with van der Waals surface area (Å²) < 4.78 is 8.02. The highest BCUT2D eigenvalue weighted by atomic mass is 16.5. The van der Waals surface area contributed by atoms with E-state index in [9.17, 15) is 0 Å². The molecule has 0 bridgehead atoms. The van der Waals surface area contributed by atoms with Gasteiger partial charge in [0.1, 0.15) is 28.6 Å². The molecule has 0 unspecified atom stereocenters. The summed E-state index contributed by atoms with van der Waals surface area (Å²) in [6, 6.07) is 2.42. The fraction of sp³-hybridized carbons (Fsp3) is 0.524. The average molecular weight is 391 g/mol. The number of rotatable bonds is 6. The standard InChI is InChI=1S/C21H25N7O/c1-2-14(9-22-7-1)25-19-12-23-10-16(26-19)17-11-24-20-8-18(29-15-5-6-15)21(13-3-4-13)27-28(17)20/h8,10-15,22H,1-7,9H2,(H,25,26)/t14-/m1/s1. The van der Waals surface area contributed by atoms with Crippen molar-refractivity contribution in [3.05, 3.63) is 30.4 Å². The summed E-state index contributed by atoms with van der Waals surface area (Å²) in [4.78, 5) is 13.8. The Hall–Kier alpha value is -2.74. The second-order valence-electron chi connectivity index (χ2n) is 8.38. The highest BCUT2D eigenvalue weighted by Gasteiger charge is 2.33. The smallest absolute Gasteiger partial charge is 0.157 e. The summed E-state index contributed by atoms with van der Waals surface area (Å²) in [5.74, 6) is 2.20. The van der Waals surface area contributed by atoms with Crippen molar-refractivity contribution in [3.8, 4) is 17.1 Å². The lowest BCUT2D eigenvalue weighted by atomic mass is 10.1. The largest absolute Gasteiger partial charge is 0.488 e. The number of piperidine rings is 1. The lowest BCUT2D eigenvalue weighted by Crippen LogP contribution is -2.38. The number of anilines is 1. The van der Waals surface area contributed by atoms with Crippen molar-refractivity contribution < 1.29 is 4.74 Å². The lowest BCUT2D eigenvalue weighted by Gasteiger charge is -2.24. The topological polar surface area (TPSA) is 89.3 Å². The van der Waals surface area contributed by atoms with Crippen molar-refractivity contribution in [3.63, 3.8) is 0 Å². The summed E-state index contributed by atoms with van der Waals surface area (Å²) in [6.45, 7) is 2.05. The van der Waals surface area contributed by atoms with Crippen molar-refractivity contribution in [2.45, 2.75) is 56.6 Å². The third kappa shape index (κ3) is 3.53. The fourth-order valence-electron chi connectivity index (χ4n) is 3.93. The molecule has 2 N–H and O–H groups in total. The average Bonchev–Trinajstić information content (AvgIpc) is 3.67. The number of hydrogen-bond donors (Lipinski definition) is 2. The number of aromatic nitrogens is 5. The minimum Gasteiger partial charge on any atom is -0.488 e. The molecule has 3 fully saturated rings. The fourth-order valence-corrected chi connectivity index (χ4v) is 3.93. The van der Waals surface area contributed by atoms with Gasteiger partial charge in [-0.2, -0.15) is 5.10 Å². The molecule has 4 heterocycles. The van der Waals surface area contributed by atoms with E-state index in [1.807, 2.05) is 16.8 Å². The van der Waals surface area contributed by atoms with E-state index in [1.54, 1.807) is 12.4 Å². The zero-order chi connectivity index (χ0) is 19.2. The van der Waals surface area contributed by atoms with Gasteiger partial charge in [-0.15, -0.1) is 0 Å². The van der Waals surface area contributed by atoms with E-state index in [0.717, 1.165) is 66.6 Å². The van der Waals surface area contributed by atoms with Crippen LogP contribution in [0.25, 0.3) is 17.0 Å². The maximum Gasteiger partial charge on any atom is 0.157 e. The first-order chi connectivity index (χ1) is 14.3. The van der Waals surface area contributed by atoms with Gasteiger partial charge in [-0.05, 0) is 45.1 Å². The normalized spacial score (nSPS) is 22.0. The molecule has 8 heteroatoms. The quantitative estimate of drug-likeness (QED) is 0.668. The highest BCUT2D eigenvalue weighted by molar-refractivity contribution is 5.61. The third-order valence-corrected chi connectivity index (χ3v) is 5.81. The Balaban J connectivity index is 1.34. The van der Waals surface area contributed by atoms with E-state index in [-0.39, 0.29) is 0 Å². The predicted octanol–water partition coefficient (Wildman–Crippen LogP) is 2.77. The van der Waals surface area contributed by atoms with Gasteiger partial charge in [0.25, 0.3) is 0 Å². The number of hydrogen-bond acceptors (Lipinski definition) is 7. The van der Waals surface area contributed by atoms with Crippen LogP contribution in [0.4, 0.5) is 5.82 Å². The molecule has 3 aromatic heterocycles. The number of nitrogens with zero attached hydrogens (tertiary/aromatic N) is 5. The number of imidazole rings is 1. The Kier molecular flexibility index (Phi) is 4.11. The van der Waals surface area contributed by atoms with Crippen LogP contribution in [0.3, 0.4) is 0 Å². The molecule has 0 aromatic carbocycles. The van der Waals surface area contributed by atoms with Crippen molar-refractivity contribution in [2.24, 2.45) is 0 Å². The molecule has 29 heavy (non-hydrogen) atoms. The molecule has 150 valence electrons. The van der Waals surface area contributed by atoms with Crippen LogP contribution in [0.15, 0.2) is 24.7 Å². The van der Waals surface area contributed by atoms with Crippen molar-refractivity contribution in [1.82, 2.24) is 29.9 Å². The molecule has 2 aliphatic carbocycles. The first kappa shape index (κ1) is 17.1. The Morgan fingerprint density at radius 2 is 2.03 bits per heavy atom. The van der Waals surface area contributed by atoms with Crippen molar-refractivity contribution in [1.29, 1.82) is 0 Å². The van der Waals surface area contributed by atoms with E-state index in [4.69, 9.17) is 14.8 Å². The summed E-state index contributed by atoms with van der Waals surface area (Å²) >= 11 is 0. The van der Waals surface area contributed by atoms with Crippen LogP contribution in [0.2, 0.25) is 0 Å². The van der Waals surface area contributed by atoms with Crippen LogP contribution in [0.1, 0.15) is 50.1 Å². The van der Waals surface area contributed by atoms with Gasteiger partial charge < -0.3 is 15.4 Å². The SMILES string of the molecule is c1ncc(-c2cnc3cc(OC4CC4)c(C4CC4)nn23)nc1N[C@@H]1CCCNC1. The van der Waals surface area contributed by atoms with Gasteiger partial charge in [-0.3, -0.25) is 4.98 Å². The molecule has 8 nitrogen and oxygen atoms in total. The lowest BCUT2D eigenvalue weighted by molar-refractivity contribution is 0.297. The first-order valence-corrected chi connectivity index (χ1v) is 10.7. The van der Waals surface area contributed by atoms with Gasteiger partial charge in [0, 0.05) is 24.6 Å². The van der Waals surface area contributed by atoms with Crippen LogP contribution >= 0.6 is 0 Å². The minimum atomic E-state index is 0.356. The molecule has 1 saturated heterocycles. The summed E-state index contributed by atoms with van der Waals surface area (Å²) in [7, 11) is 0. The Bertz CT molecular complexity index is 1030. The van der Waals surface area contributed by atoms with Crippen LogP contribution in [0.5, 0.6) is 5.75 Å². The maximum absolute atomic E-state index is 6.12. The van der Waals surface area contributed by atoms with E-state index < -0.39 is 0 Å². The summed E-state index contributed by atoms with van der Waals surface area (Å²) in [5.41, 5.74) is 3.48. The van der Waals surface area contributed by atoms with Crippen LogP contribution < -0.4 is 15.4 Å². The van der Waals surface area contributed by atoms with Crippen molar-refractivity contribution in [2.75, 3.05) is 18.4 Å². The van der Waals surface area contributed by atoms with Crippen LogP contribution in [0, 0.1) is 0 Å². The molecule has 2 saturated carbocycles. The van der Waals surface area contributed by atoms with Gasteiger partial charge in [0.05, 0.1) is 24.7 Å². The van der Waals surface area contributed by atoms with E-state index >= 15 is 0 Å². The third-order valence-electron chi connectivity index (χ3n) is 5.81. The Labute approximate surface area is 169 Å². The maximum atomic E-state index is 6.12. The monoisotopic (exact) mass is 391 g/mol. The molecule has 6 rings (SSSR count). The van der Waals surface area contributed by atoms with Gasteiger partial charge >= 0.3 is 0 Å². The molecule has 0 amide bonds. The number of fused-ring (bicyclic) bond motifs is 1. The molecule has 1 aliphatic heterocycles. The van der Waals surface area contributed by atoms with E-state index in [2.05, 4.69) is 20.6 Å². The summed E-state index contributed by atoms with van der Waals surface area (Å²) in [6.07, 6.45) is 12.7. The molecule has 3 aliphatic rings. The Morgan fingerprint density at radius 1 is 1.10 bits per heavy atom. The second-order valence-corrected chi connectivity index (χ2v) is 8.38. The highest BCUT2D eigenvalue weighted by Crippen LogP contribution is 2.44. The first-order valence-electron chi connectivity index (χ1n) is 10.7. The molecule has 3 aromatic rings. The van der Waals surface area contributed by atoms with Gasteiger partial charge in [-0.25, -0.2) is 14.5 Å². The van der Waals surface area contributed by atoms with Gasteiger partial charge in [0.15, 0.2) is 5.65 Å². The molecule has 0 spiro atoms. The second kappa shape index (κ2) is 6.95. The van der Waals surface area contributed by atoms with E-state index in [0.29, 0.717) is 18.1 Å². The minimum absolute atomic E-state index is 0.356. The van der Waals surface area contributed by atoms with Crippen molar-refractivity contribution >= 4 is 11.5 Å². The molecular weight excluding hydrogens is 366 g/mol. The number of nitrogens with one attached hydrogen (secondary N) is 2. The molecule has 0 radical (unpaired) electrons. The summed E-state index contributed by atoms with van der Waals surface area (Å²) in [5, 5.41) is 11.9. The van der Waals surface area contributed by atoms with Gasteiger partial charge in [-0.1, -0.05) is 0 Å². The van der Waals surface area contributed by atoms with E-state index in [1.165, 1.54) is 19.3 Å². The number of ether oxygens (including phenoxy) is 1. The Morgan fingerprint density at radius 3 is 2.83 bits per heavy atom.